The molecule has 0 unspecified atom stereocenters. The lowest BCUT2D eigenvalue weighted by Crippen LogP contribution is -2.36. The van der Waals surface area contributed by atoms with Crippen LogP contribution in [0.4, 0.5) is 0 Å². The molecule has 0 amide bonds. The third-order valence-electron chi connectivity index (χ3n) is 11.8. The van der Waals surface area contributed by atoms with Crippen molar-refractivity contribution in [1.29, 1.82) is 0 Å². The van der Waals surface area contributed by atoms with E-state index in [1.54, 1.807) is 0 Å². The van der Waals surface area contributed by atoms with Gasteiger partial charge in [0.25, 0.3) is 0 Å². The van der Waals surface area contributed by atoms with Crippen molar-refractivity contribution >= 4 is 69.5 Å². The Labute approximate surface area is 342 Å². The van der Waals surface area contributed by atoms with E-state index in [2.05, 4.69) is 241 Å². The van der Waals surface area contributed by atoms with E-state index >= 15 is 0 Å². The van der Waals surface area contributed by atoms with Crippen molar-refractivity contribution in [3.05, 3.63) is 259 Å². The summed E-state index contributed by atoms with van der Waals surface area (Å²) in [7, 11) is -1.50. The third-order valence-corrected chi connectivity index (χ3v) is 16.7. The van der Waals surface area contributed by atoms with Gasteiger partial charge in [0.15, 0.2) is 0 Å². The van der Waals surface area contributed by atoms with Gasteiger partial charge in [-0.05, 0) is 82.1 Å². The van der Waals surface area contributed by atoms with E-state index in [0.29, 0.717) is 0 Å². The van der Waals surface area contributed by atoms with Crippen LogP contribution < -0.4 is 31.8 Å². The molecule has 1 nitrogen and oxygen atoms in total. The molecule has 0 aliphatic carbocycles. The molecule has 0 saturated carbocycles. The minimum absolute atomic E-state index is 0.581. The van der Waals surface area contributed by atoms with E-state index < -0.39 is 21.3 Å². The van der Waals surface area contributed by atoms with Crippen LogP contribution in [-0.2, 0) is 5.41 Å². The third kappa shape index (κ3) is 5.54. The van der Waals surface area contributed by atoms with Gasteiger partial charge in [0.2, 0.25) is 0 Å². The summed E-state index contributed by atoms with van der Waals surface area (Å²) >= 11 is 0. The van der Waals surface area contributed by atoms with Gasteiger partial charge in [-0.2, -0.15) is 0 Å². The molecule has 0 radical (unpaired) electrons. The summed E-state index contributed by atoms with van der Waals surface area (Å²) in [6.07, 6.45) is 0. The molecule has 0 fully saturated rings. The van der Waals surface area contributed by atoms with Crippen molar-refractivity contribution in [2.75, 3.05) is 0 Å². The zero-order valence-electron chi connectivity index (χ0n) is 31.9. The fourth-order valence-corrected chi connectivity index (χ4v) is 14.0. The molecule has 9 aromatic carbocycles. The number of aromatic nitrogens is 1. The van der Waals surface area contributed by atoms with Gasteiger partial charge < -0.3 is 4.57 Å². The summed E-state index contributed by atoms with van der Waals surface area (Å²) in [6.45, 7) is 0. The van der Waals surface area contributed by atoms with Crippen LogP contribution in [0.1, 0.15) is 22.3 Å². The lowest BCUT2D eigenvalue weighted by atomic mass is 9.63. The Morgan fingerprint density at radius 2 is 0.672 bits per heavy atom. The highest BCUT2D eigenvalue weighted by Gasteiger charge is 2.45. The second-order valence-corrected chi connectivity index (χ2v) is 19.4. The van der Waals surface area contributed by atoms with E-state index in [-0.39, 0.29) is 0 Å². The normalized spacial score (nSPS) is 12.9. The van der Waals surface area contributed by atoms with Gasteiger partial charge in [-0.25, -0.2) is 0 Å². The minimum Gasteiger partial charge on any atom is -0.309 e. The smallest absolute Gasteiger partial charge is 0.0742 e. The number of hydrogen-bond donors (Lipinski definition) is 0. The van der Waals surface area contributed by atoms with Gasteiger partial charge in [0.1, 0.15) is 0 Å². The molecule has 0 atom stereocenters. The van der Waals surface area contributed by atoms with Crippen LogP contribution in [0.5, 0.6) is 0 Å². The molecule has 10 aromatic rings. The van der Waals surface area contributed by atoms with Gasteiger partial charge in [-0.15, -0.1) is 0 Å². The Morgan fingerprint density at radius 3 is 1.17 bits per heavy atom. The zero-order chi connectivity index (χ0) is 38.5. The number of hydrogen-bond acceptors (Lipinski definition) is 0. The van der Waals surface area contributed by atoms with Crippen LogP contribution in [0.15, 0.2) is 237 Å². The summed E-state index contributed by atoms with van der Waals surface area (Å²) in [5.74, 6) is 0. The topological polar surface area (TPSA) is 4.93 Å². The highest BCUT2D eigenvalue weighted by atomic mass is 31.1. The monoisotopic (exact) mass is 775 g/mol. The van der Waals surface area contributed by atoms with Crippen molar-refractivity contribution in [3.63, 3.8) is 0 Å². The molecule has 1 aliphatic heterocycles. The van der Waals surface area contributed by atoms with Crippen LogP contribution in [0.3, 0.4) is 0 Å². The molecule has 2 heterocycles. The average molecular weight is 776 g/mol. The van der Waals surface area contributed by atoms with Crippen molar-refractivity contribution in [3.8, 4) is 5.69 Å². The second kappa shape index (κ2) is 14.5. The van der Waals surface area contributed by atoms with Gasteiger partial charge in [-0.3, -0.25) is 0 Å². The van der Waals surface area contributed by atoms with Crippen LogP contribution in [0.25, 0.3) is 27.5 Å². The van der Waals surface area contributed by atoms with Gasteiger partial charge in [-0.1, -0.05) is 224 Å². The van der Waals surface area contributed by atoms with Crippen LogP contribution in [-0.4, -0.2) is 4.57 Å². The minimum atomic E-state index is -0.748. The van der Waals surface area contributed by atoms with Crippen molar-refractivity contribution in [2.24, 2.45) is 0 Å². The first-order valence-corrected chi connectivity index (χ1v) is 22.6. The molecule has 0 spiro atoms. The van der Waals surface area contributed by atoms with E-state index in [1.165, 1.54) is 81.6 Å². The molecule has 1 aliphatic rings. The lowest BCUT2D eigenvalue weighted by Gasteiger charge is -2.42. The molecule has 11 rings (SSSR count). The molecule has 3 heteroatoms. The van der Waals surface area contributed by atoms with Crippen LogP contribution in [0.2, 0.25) is 0 Å². The Kier molecular flexibility index (Phi) is 8.74. The first-order valence-electron chi connectivity index (χ1n) is 19.9. The van der Waals surface area contributed by atoms with Crippen molar-refractivity contribution in [2.45, 2.75) is 5.41 Å². The first-order chi connectivity index (χ1) is 28.8. The van der Waals surface area contributed by atoms with Gasteiger partial charge >= 0.3 is 0 Å². The number of nitrogens with zero attached hydrogens (tertiary/aromatic N) is 1. The Balaban J connectivity index is 1.17. The molecule has 0 saturated heterocycles. The summed E-state index contributed by atoms with van der Waals surface area (Å²) in [5, 5.41) is 10.7. The zero-order valence-corrected chi connectivity index (χ0v) is 33.6. The largest absolute Gasteiger partial charge is 0.309 e. The molecule has 1 aromatic heterocycles. The quantitative estimate of drug-likeness (QED) is 0.136. The summed E-state index contributed by atoms with van der Waals surface area (Å²) in [5.41, 5.74) is 8.30. The van der Waals surface area contributed by atoms with E-state index in [1.807, 2.05) is 0 Å². The predicted molar refractivity (Wildman–Crippen MR) is 250 cm³/mol. The Bertz CT molecular complexity index is 2820. The van der Waals surface area contributed by atoms with Gasteiger partial charge in [0, 0.05) is 10.8 Å². The second-order valence-electron chi connectivity index (χ2n) is 14.9. The SMILES string of the molecule is c1ccc(P(c2ccccc2)c2ccc(C3(c4ccc(P(c5ccccc5)c5ccccc5)cc4)c4ccccc4-n4c5ccccc5c5cccc3c54)cc2)cc1. The van der Waals surface area contributed by atoms with E-state index in [4.69, 9.17) is 0 Å². The maximum absolute atomic E-state index is 2.52. The molecule has 0 N–H and O–H groups in total. The molecular weight excluding hydrogens is 737 g/mol. The van der Waals surface area contributed by atoms with E-state index in [9.17, 15) is 0 Å². The summed E-state index contributed by atoms with van der Waals surface area (Å²) in [6, 6.07) is 88.4. The Hall–Kier alpha value is -6.36. The molecule has 0 bridgehead atoms. The summed E-state index contributed by atoms with van der Waals surface area (Å²) in [4.78, 5) is 0. The maximum atomic E-state index is 2.52. The number of para-hydroxylation sites is 3. The van der Waals surface area contributed by atoms with Crippen LogP contribution >= 0.6 is 15.8 Å². The maximum Gasteiger partial charge on any atom is 0.0742 e. The highest BCUT2D eigenvalue weighted by molar-refractivity contribution is 7.80. The molecular formula is C55H39NP2. The number of benzene rings is 9. The first kappa shape index (κ1) is 34.9. The Morgan fingerprint density at radius 1 is 0.293 bits per heavy atom. The van der Waals surface area contributed by atoms with Gasteiger partial charge in [0.05, 0.1) is 22.1 Å². The van der Waals surface area contributed by atoms with E-state index in [0.717, 1.165) is 0 Å². The fraction of sp³-hybridized carbons (Fsp3) is 0.0182. The standard InChI is InChI=1S/C55H39NP2/c1-5-18-42(19-6-1)57(43-20-7-2-8-21-43)46-36-32-40(33-37-46)55(41-34-38-47(39-35-41)58(44-22-9-3-10-23-44)45-24-11-4-12-25-45)50-28-14-16-31-53(50)56-52-30-15-13-26-48(52)49-27-17-29-51(55)54(49)56/h1-39H. The van der Waals surface area contributed by atoms with Crippen LogP contribution in [0, 0.1) is 0 Å². The summed E-state index contributed by atoms with van der Waals surface area (Å²) < 4.78 is 2.52. The average Bonchev–Trinajstić information content (AvgIpc) is 3.64. The fourth-order valence-electron chi connectivity index (χ4n) is 9.41. The highest BCUT2D eigenvalue weighted by Crippen LogP contribution is 2.54. The number of fused-ring (bicyclic) bond motifs is 5. The number of rotatable bonds is 8. The molecule has 58 heavy (non-hydrogen) atoms. The lowest BCUT2D eigenvalue weighted by molar-refractivity contribution is 0.728. The van der Waals surface area contributed by atoms with Crippen molar-refractivity contribution in [1.82, 2.24) is 4.57 Å². The van der Waals surface area contributed by atoms with Crippen molar-refractivity contribution < 1.29 is 0 Å². The molecule has 274 valence electrons. The predicted octanol–water partition coefficient (Wildman–Crippen LogP) is 11.0.